The number of hydrogen-bond acceptors (Lipinski definition) is 5. The van der Waals surface area contributed by atoms with Gasteiger partial charge in [0.25, 0.3) is 11.8 Å². The summed E-state index contributed by atoms with van der Waals surface area (Å²) in [5.74, 6) is -1.31. The van der Waals surface area contributed by atoms with E-state index in [1.807, 2.05) is 0 Å². The molecule has 7 nitrogen and oxygen atoms in total. The SMILES string of the molecule is CC1Oc2ccccc2N(CCC(=O)OCC(=O)Nc2cccc(C(F)(F)F)c2)C1=O. The van der Waals surface area contributed by atoms with E-state index in [9.17, 15) is 27.6 Å². The molecule has 0 spiro atoms. The van der Waals surface area contributed by atoms with Crippen molar-refractivity contribution in [3.63, 3.8) is 0 Å². The number of amides is 2. The summed E-state index contributed by atoms with van der Waals surface area (Å²) in [4.78, 5) is 37.7. The quantitative estimate of drug-likeness (QED) is 0.702. The minimum atomic E-state index is -4.54. The number of esters is 1. The zero-order valence-corrected chi connectivity index (χ0v) is 16.4. The molecule has 1 unspecified atom stereocenters. The Hall–Kier alpha value is -3.56. The number of ether oxygens (including phenoxy) is 2. The molecule has 1 aliphatic rings. The van der Waals surface area contributed by atoms with Crippen molar-refractivity contribution < 1.29 is 37.0 Å². The van der Waals surface area contributed by atoms with Crippen LogP contribution in [0.1, 0.15) is 18.9 Å². The average molecular weight is 436 g/mol. The molecule has 164 valence electrons. The minimum absolute atomic E-state index is 0.0254. The summed E-state index contributed by atoms with van der Waals surface area (Å²) in [6.07, 6.45) is -5.42. The number of benzene rings is 2. The van der Waals surface area contributed by atoms with E-state index in [1.54, 1.807) is 31.2 Å². The molecule has 1 atom stereocenters. The molecule has 1 heterocycles. The van der Waals surface area contributed by atoms with Crippen LogP contribution in [-0.4, -0.2) is 37.0 Å². The lowest BCUT2D eigenvalue weighted by Crippen LogP contribution is -2.45. The second-order valence-electron chi connectivity index (χ2n) is 6.76. The van der Waals surface area contributed by atoms with E-state index in [-0.39, 0.29) is 24.6 Å². The van der Waals surface area contributed by atoms with Gasteiger partial charge in [-0.15, -0.1) is 0 Å². The van der Waals surface area contributed by atoms with Crippen LogP contribution in [0.2, 0.25) is 0 Å². The number of halogens is 3. The smallest absolute Gasteiger partial charge is 0.416 e. The number of fused-ring (bicyclic) bond motifs is 1. The Morgan fingerprint density at radius 2 is 1.90 bits per heavy atom. The molecule has 2 aromatic rings. The number of alkyl halides is 3. The lowest BCUT2D eigenvalue weighted by atomic mass is 10.2. The van der Waals surface area contributed by atoms with Gasteiger partial charge in [0.1, 0.15) is 5.75 Å². The Kier molecular flexibility index (Phi) is 6.47. The van der Waals surface area contributed by atoms with E-state index in [2.05, 4.69) is 5.32 Å². The minimum Gasteiger partial charge on any atom is -0.479 e. The van der Waals surface area contributed by atoms with Gasteiger partial charge in [0.2, 0.25) is 0 Å². The van der Waals surface area contributed by atoms with Crippen LogP contribution in [0.5, 0.6) is 5.75 Å². The normalized spacial score (nSPS) is 15.7. The Morgan fingerprint density at radius 1 is 1.16 bits per heavy atom. The van der Waals surface area contributed by atoms with Crippen LogP contribution in [-0.2, 0) is 25.3 Å². The van der Waals surface area contributed by atoms with Crippen molar-refractivity contribution in [2.75, 3.05) is 23.4 Å². The van der Waals surface area contributed by atoms with Crippen molar-refractivity contribution in [2.45, 2.75) is 25.6 Å². The van der Waals surface area contributed by atoms with E-state index in [1.165, 1.54) is 11.0 Å². The number of rotatable bonds is 6. The van der Waals surface area contributed by atoms with Crippen LogP contribution in [0.3, 0.4) is 0 Å². The molecule has 31 heavy (non-hydrogen) atoms. The molecular weight excluding hydrogens is 417 g/mol. The zero-order valence-electron chi connectivity index (χ0n) is 16.4. The largest absolute Gasteiger partial charge is 0.479 e. The standard InChI is InChI=1S/C21H19F3N2O5/c1-13-20(29)26(16-7-2-3-8-17(16)31-13)10-9-19(28)30-12-18(27)25-15-6-4-5-14(11-15)21(22,23)24/h2-8,11,13H,9-10,12H2,1H3,(H,25,27). The third-order valence-electron chi connectivity index (χ3n) is 4.45. The first-order valence-corrected chi connectivity index (χ1v) is 9.35. The molecule has 0 saturated heterocycles. The highest BCUT2D eigenvalue weighted by Crippen LogP contribution is 2.33. The number of carbonyl (C=O) groups excluding carboxylic acids is 3. The fraction of sp³-hybridized carbons (Fsp3) is 0.286. The topological polar surface area (TPSA) is 84.9 Å². The van der Waals surface area contributed by atoms with Gasteiger partial charge in [0.05, 0.1) is 17.7 Å². The third kappa shape index (κ3) is 5.53. The van der Waals surface area contributed by atoms with Crippen LogP contribution >= 0.6 is 0 Å². The summed E-state index contributed by atoms with van der Waals surface area (Å²) < 4.78 is 48.6. The molecule has 0 radical (unpaired) electrons. The van der Waals surface area contributed by atoms with Gasteiger partial charge in [-0.3, -0.25) is 14.4 Å². The van der Waals surface area contributed by atoms with Crippen molar-refractivity contribution in [3.8, 4) is 5.75 Å². The highest BCUT2D eigenvalue weighted by atomic mass is 19.4. The fourth-order valence-electron chi connectivity index (χ4n) is 2.98. The van der Waals surface area contributed by atoms with Gasteiger partial charge in [-0.25, -0.2) is 0 Å². The summed E-state index contributed by atoms with van der Waals surface area (Å²) in [6.45, 7) is 0.957. The third-order valence-corrected chi connectivity index (χ3v) is 4.45. The molecule has 1 N–H and O–H groups in total. The number of carbonyl (C=O) groups is 3. The Bertz CT molecular complexity index is 993. The summed E-state index contributed by atoms with van der Waals surface area (Å²) in [7, 11) is 0. The molecule has 0 bridgehead atoms. The fourth-order valence-corrected chi connectivity index (χ4v) is 2.98. The number of hydrogen-bond donors (Lipinski definition) is 1. The predicted octanol–water partition coefficient (Wildman–Crippen LogP) is 3.39. The lowest BCUT2D eigenvalue weighted by molar-refractivity contribution is -0.147. The van der Waals surface area contributed by atoms with Gasteiger partial charge in [0, 0.05) is 12.2 Å². The van der Waals surface area contributed by atoms with Crippen LogP contribution in [0.25, 0.3) is 0 Å². The molecule has 2 aromatic carbocycles. The van der Waals surface area contributed by atoms with Crippen molar-refractivity contribution in [1.82, 2.24) is 0 Å². The molecule has 0 saturated carbocycles. The van der Waals surface area contributed by atoms with Crippen molar-refractivity contribution in [3.05, 3.63) is 54.1 Å². The van der Waals surface area contributed by atoms with Gasteiger partial charge in [-0.05, 0) is 37.3 Å². The molecule has 2 amide bonds. The molecule has 0 aliphatic carbocycles. The Morgan fingerprint density at radius 3 is 2.65 bits per heavy atom. The number of nitrogens with zero attached hydrogens (tertiary/aromatic N) is 1. The van der Waals surface area contributed by atoms with Gasteiger partial charge in [0.15, 0.2) is 12.7 Å². The van der Waals surface area contributed by atoms with Crippen LogP contribution < -0.4 is 15.0 Å². The molecule has 0 fully saturated rings. The van der Waals surface area contributed by atoms with E-state index < -0.39 is 36.3 Å². The van der Waals surface area contributed by atoms with Crippen molar-refractivity contribution in [1.29, 1.82) is 0 Å². The first-order valence-electron chi connectivity index (χ1n) is 9.35. The van der Waals surface area contributed by atoms with Crippen molar-refractivity contribution in [2.24, 2.45) is 0 Å². The Balaban J connectivity index is 1.51. The molecule has 10 heteroatoms. The zero-order chi connectivity index (χ0) is 22.6. The first-order chi connectivity index (χ1) is 14.6. The highest BCUT2D eigenvalue weighted by molar-refractivity contribution is 6.00. The highest BCUT2D eigenvalue weighted by Gasteiger charge is 2.32. The van der Waals surface area contributed by atoms with Gasteiger partial charge >= 0.3 is 12.1 Å². The average Bonchev–Trinajstić information content (AvgIpc) is 2.72. The maximum Gasteiger partial charge on any atom is 0.416 e. The molecular formula is C21H19F3N2O5. The Labute approximate surface area is 175 Å². The van der Waals surface area contributed by atoms with E-state index in [0.29, 0.717) is 11.4 Å². The van der Waals surface area contributed by atoms with Crippen molar-refractivity contribution >= 4 is 29.2 Å². The van der Waals surface area contributed by atoms with Gasteiger partial charge < -0.3 is 19.7 Å². The lowest BCUT2D eigenvalue weighted by Gasteiger charge is -2.32. The molecule has 0 aromatic heterocycles. The van der Waals surface area contributed by atoms with E-state index in [4.69, 9.17) is 9.47 Å². The molecule has 1 aliphatic heterocycles. The van der Waals surface area contributed by atoms with E-state index in [0.717, 1.165) is 18.2 Å². The maximum absolute atomic E-state index is 12.7. The predicted molar refractivity (Wildman–Crippen MR) is 105 cm³/mol. The van der Waals surface area contributed by atoms with Gasteiger partial charge in [-0.1, -0.05) is 18.2 Å². The molecule has 3 rings (SSSR count). The summed E-state index contributed by atoms with van der Waals surface area (Å²) in [5.41, 5.74) is -0.451. The van der Waals surface area contributed by atoms with Gasteiger partial charge in [-0.2, -0.15) is 13.2 Å². The van der Waals surface area contributed by atoms with E-state index >= 15 is 0 Å². The summed E-state index contributed by atoms with van der Waals surface area (Å²) >= 11 is 0. The second-order valence-corrected chi connectivity index (χ2v) is 6.76. The monoisotopic (exact) mass is 436 g/mol. The van der Waals surface area contributed by atoms with Crippen LogP contribution in [0.15, 0.2) is 48.5 Å². The summed E-state index contributed by atoms with van der Waals surface area (Å²) in [5, 5.41) is 2.24. The number of anilines is 2. The second kappa shape index (κ2) is 9.07. The summed E-state index contributed by atoms with van der Waals surface area (Å²) in [6, 6.07) is 11.0. The maximum atomic E-state index is 12.7. The van der Waals surface area contributed by atoms with Crippen LogP contribution in [0.4, 0.5) is 24.5 Å². The number of para-hydroxylation sites is 2. The number of nitrogens with one attached hydrogen (secondary N) is 1. The first kappa shape index (κ1) is 22.1. The van der Waals surface area contributed by atoms with Crippen LogP contribution in [0, 0.1) is 0 Å².